The van der Waals surface area contributed by atoms with Crippen LogP contribution in [-0.4, -0.2) is 22.4 Å². The molecule has 11 aromatic rings. The second kappa shape index (κ2) is 13.4. The van der Waals surface area contributed by atoms with Gasteiger partial charge < -0.3 is 19.4 Å². The van der Waals surface area contributed by atoms with Gasteiger partial charge in [-0.05, 0) is 119 Å². The van der Waals surface area contributed by atoms with Crippen LogP contribution in [0.25, 0.3) is 71.2 Å². The van der Waals surface area contributed by atoms with Crippen LogP contribution >= 0.6 is 0 Å². The van der Waals surface area contributed by atoms with E-state index >= 15 is 0 Å². The second-order valence-corrected chi connectivity index (χ2v) is 21.2. The number of anilines is 5. The Labute approximate surface area is 397 Å². The van der Waals surface area contributed by atoms with Gasteiger partial charge in [-0.25, -0.2) is 0 Å². The van der Waals surface area contributed by atoms with E-state index < -0.39 is 0 Å². The summed E-state index contributed by atoms with van der Waals surface area (Å²) in [5.41, 5.74) is 21.8. The maximum atomic E-state index is 4.05. The summed E-state index contributed by atoms with van der Waals surface area (Å²) in [4.78, 5) is 9.36. The third-order valence-electron chi connectivity index (χ3n) is 17.6. The van der Waals surface area contributed by atoms with Crippen molar-refractivity contribution in [1.29, 1.82) is 0 Å². The van der Waals surface area contributed by atoms with E-state index in [-0.39, 0.29) is 16.4 Å². The highest BCUT2D eigenvalue weighted by molar-refractivity contribution is 6.74. The van der Waals surface area contributed by atoms with E-state index in [2.05, 4.69) is 223 Å². The molecular weight excluding hydrogens is 824 g/mol. The first-order valence-electron chi connectivity index (χ1n) is 24.8. The van der Waals surface area contributed by atoms with E-state index in [4.69, 9.17) is 0 Å². The van der Waals surface area contributed by atoms with Gasteiger partial charge in [-0.1, -0.05) is 154 Å². The minimum atomic E-state index is -0.199. The largest absolute Gasteiger partial charge is 0.354 e. The van der Waals surface area contributed by atoms with E-state index in [1.165, 1.54) is 124 Å². The number of rotatable bonds is 5. The number of benzene rings is 9. The van der Waals surface area contributed by atoms with E-state index in [0.29, 0.717) is 0 Å². The first-order chi connectivity index (χ1) is 33.2. The summed E-state index contributed by atoms with van der Waals surface area (Å²) in [7, 11) is 0.841. The Bertz CT molecular complexity index is 3930. The number of aromatic amines is 1. The number of nitrogens with one attached hydrogen (secondary N) is 1. The fraction of sp³-hybridized carbons (Fsp3) is 0.175. The van der Waals surface area contributed by atoms with Crippen molar-refractivity contribution in [2.45, 2.75) is 69.7 Å². The Morgan fingerprint density at radius 1 is 0.529 bits per heavy atom. The third kappa shape index (κ3) is 4.76. The second-order valence-electron chi connectivity index (χ2n) is 21.2. The molecule has 15 rings (SSSR count). The van der Waals surface area contributed by atoms with Gasteiger partial charge >= 0.3 is 0 Å². The standard InChI is InChI=1S/C63H51BN4/c1-61(2)48-28-19-29-50-58(48)67-59-49(61)34-38-20-11-12-25-42(38)54(59)55-53(68-52-31-16-14-27-47(52)62(3)32-17-18-33-63(62,68)4)37-44(56(64-50)60(55)67)46-36-41(35-45-43-26-13-15-30-51(43)65-57(45)46)66(39-21-7-5-8-22-39)40-23-9-6-10-24-40/h5-16,19-31,34-37,64-65H,17-18,32-33H2,1-4H3. The average Bonchev–Trinajstić information content (AvgIpc) is 4.00. The molecule has 326 valence electrons. The van der Waals surface area contributed by atoms with Gasteiger partial charge in [0.2, 0.25) is 0 Å². The third-order valence-corrected chi connectivity index (χ3v) is 17.6. The molecule has 9 aromatic carbocycles. The molecule has 5 heteroatoms. The molecule has 0 radical (unpaired) electrons. The van der Waals surface area contributed by atoms with Crippen LogP contribution in [0.3, 0.4) is 0 Å². The molecule has 3 aliphatic heterocycles. The maximum absolute atomic E-state index is 4.05. The zero-order valence-electron chi connectivity index (χ0n) is 39.1. The first-order valence-corrected chi connectivity index (χ1v) is 24.8. The van der Waals surface area contributed by atoms with Crippen LogP contribution in [0.2, 0.25) is 0 Å². The minimum Gasteiger partial charge on any atom is -0.354 e. The minimum absolute atomic E-state index is 0.0123. The van der Waals surface area contributed by atoms with Gasteiger partial charge in [0, 0.05) is 71.9 Å². The lowest BCUT2D eigenvalue weighted by Gasteiger charge is -2.50. The zero-order chi connectivity index (χ0) is 45.3. The number of hydrogen-bond acceptors (Lipinski definition) is 2. The van der Waals surface area contributed by atoms with Gasteiger partial charge in [-0.2, -0.15) is 0 Å². The summed E-state index contributed by atoms with van der Waals surface area (Å²) in [6.07, 6.45) is 4.78. The monoisotopic (exact) mass is 874 g/mol. The average molecular weight is 875 g/mol. The lowest BCUT2D eigenvalue weighted by molar-refractivity contribution is 0.195. The van der Waals surface area contributed by atoms with Crippen molar-refractivity contribution >= 4 is 101 Å². The summed E-state index contributed by atoms with van der Waals surface area (Å²) in [5.74, 6) is 0. The number of H-pyrrole nitrogens is 1. The van der Waals surface area contributed by atoms with Crippen LogP contribution in [-0.2, 0) is 10.8 Å². The molecule has 0 bridgehead atoms. The predicted octanol–water partition coefficient (Wildman–Crippen LogP) is 14.8. The topological polar surface area (TPSA) is 27.2 Å². The van der Waals surface area contributed by atoms with Gasteiger partial charge in [-0.15, -0.1) is 0 Å². The molecule has 1 saturated carbocycles. The lowest BCUT2D eigenvalue weighted by Crippen LogP contribution is -2.54. The molecule has 2 atom stereocenters. The van der Waals surface area contributed by atoms with Gasteiger partial charge in [0.15, 0.2) is 7.28 Å². The van der Waals surface area contributed by atoms with Gasteiger partial charge in [-0.3, -0.25) is 0 Å². The lowest BCUT2D eigenvalue weighted by atomic mass is 9.57. The highest BCUT2D eigenvalue weighted by atomic mass is 15.3. The molecule has 2 aromatic heterocycles. The van der Waals surface area contributed by atoms with Crippen LogP contribution in [0.5, 0.6) is 0 Å². The number of nitrogens with zero attached hydrogens (tertiary/aromatic N) is 3. The van der Waals surface area contributed by atoms with Gasteiger partial charge in [0.05, 0.1) is 27.8 Å². The molecule has 1 N–H and O–H groups in total. The normalized spacial score (nSPS) is 19.6. The molecule has 4 aliphatic rings. The van der Waals surface area contributed by atoms with E-state index in [1.807, 2.05) is 0 Å². The Morgan fingerprint density at radius 2 is 1.22 bits per heavy atom. The molecular formula is C63H51BN4. The summed E-state index contributed by atoms with van der Waals surface area (Å²) in [6.45, 7) is 10.1. The Balaban J connectivity index is 1.16. The molecule has 0 spiro atoms. The Kier molecular flexibility index (Phi) is 7.58. The molecule has 68 heavy (non-hydrogen) atoms. The van der Waals surface area contributed by atoms with Crippen molar-refractivity contribution in [2.75, 3.05) is 9.80 Å². The fourth-order valence-electron chi connectivity index (χ4n) is 14.2. The Morgan fingerprint density at radius 3 is 2.03 bits per heavy atom. The molecule has 4 nitrogen and oxygen atoms in total. The summed E-state index contributed by atoms with van der Waals surface area (Å²) >= 11 is 0. The molecule has 0 amide bonds. The van der Waals surface area contributed by atoms with Crippen molar-refractivity contribution in [1.82, 2.24) is 9.55 Å². The quantitative estimate of drug-likeness (QED) is 0.174. The zero-order valence-corrected chi connectivity index (χ0v) is 39.1. The van der Waals surface area contributed by atoms with E-state index in [1.54, 1.807) is 0 Å². The number of hydrogen-bond donors (Lipinski definition) is 1. The highest BCUT2D eigenvalue weighted by Gasteiger charge is 2.58. The van der Waals surface area contributed by atoms with Crippen LogP contribution in [0.1, 0.15) is 70.1 Å². The molecule has 5 heterocycles. The smallest absolute Gasteiger partial charge is 0.198 e. The van der Waals surface area contributed by atoms with Gasteiger partial charge in [0.25, 0.3) is 0 Å². The van der Waals surface area contributed by atoms with Crippen molar-refractivity contribution in [3.63, 3.8) is 0 Å². The molecule has 1 aliphatic carbocycles. The summed E-state index contributed by atoms with van der Waals surface area (Å²) in [6, 6.07) is 66.6. The molecule has 2 unspecified atom stereocenters. The van der Waals surface area contributed by atoms with Crippen LogP contribution in [0.15, 0.2) is 176 Å². The van der Waals surface area contributed by atoms with E-state index in [0.717, 1.165) is 36.3 Å². The highest BCUT2D eigenvalue weighted by Crippen LogP contribution is 2.63. The number of fused-ring (bicyclic) bond motifs is 9. The molecule has 0 saturated heterocycles. The van der Waals surface area contributed by atoms with Crippen molar-refractivity contribution in [2.24, 2.45) is 0 Å². The summed E-state index contributed by atoms with van der Waals surface area (Å²) in [5, 5.41) is 7.88. The van der Waals surface area contributed by atoms with Crippen molar-refractivity contribution < 1.29 is 0 Å². The van der Waals surface area contributed by atoms with Crippen molar-refractivity contribution in [3.8, 4) is 16.8 Å². The fourth-order valence-corrected chi connectivity index (χ4v) is 14.2. The Hall–Kier alpha value is -7.50. The predicted molar refractivity (Wildman–Crippen MR) is 289 cm³/mol. The first kappa shape index (κ1) is 38.6. The van der Waals surface area contributed by atoms with Crippen molar-refractivity contribution in [3.05, 3.63) is 193 Å². The number of aromatic nitrogens is 2. The van der Waals surface area contributed by atoms with Crippen LogP contribution in [0.4, 0.5) is 28.4 Å². The SMILES string of the molecule is CC1(C)c2cccc3c2-n2c4c(c(-c5cc(N(c6ccccc6)c6ccccc6)cc6c5[nH]c5ccccc56)cc(N5c6ccccc6C6(C)CCCCC56C)c4c4c5ccccc5cc1c42)B3. The maximum Gasteiger partial charge on any atom is 0.198 e. The van der Waals surface area contributed by atoms with E-state index in [9.17, 15) is 0 Å². The number of para-hydroxylation sites is 5. The van der Waals surface area contributed by atoms with Gasteiger partial charge in [0.1, 0.15) is 0 Å². The van der Waals surface area contributed by atoms with Crippen LogP contribution < -0.4 is 20.7 Å². The summed E-state index contributed by atoms with van der Waals surface area (Å²) < 4.78 is 2.76. The molecule has 1 fully saturated rings. The van der Waals surface area contributed by atoms with Crippen LogP contribution in [0, 0.1) is 0 Å².